The fourth-order valence-electron chi connectivity index (χ4n) is 6.24. The summed E-state index contributed by atoms with van der Waals surface area (Å²) in [6.07, 6.45) is 10.3. The number of rotatable bonds is 10. The van der Waals surface area contributed by atoms with Gasteiger partial charge in [0.15, 0.2) is 0 Å². The van der Waals surface area contributed by atoms with Crippen LogP contribution in [0, 0.1) is 10.8 Å². The molecule has 0 aromatic carbocycles. The molecule has 0 spiro atoms. The molecular weight excluding hydrogens is 498 g/mol. The first-order valence-electron chi connectivity index (χ1n) is 12.3. The topological polar surface area (TPSA) is 0 Å². The summed E-state index contributed by atoms with van der Waals surface area (Å²) in [6.45, 7) is 24.2. The fraction of sp³-hybridized carbons (Fsp3) is 0.714. The van der Waals surface area contributed by atoms with E-state index in [9.17, 15) is 0 Å². The molecule has 0 unspecified atom stereocenters. The zero-order valence-corrected chi connectivity index (χ0v) is 25.9. The molecule has 2 aliphatic carbocycles. The first kappa shape index (κ1) is 31.4. The van der Waals surface area contributed by atoms with E-state index in [1.807, 2.05) is 17.7 Å². The van der Waals surface area contributed by atoms with Crippen LogP contribution in [0.3, 0.4) is 0 Å². The molecule has 176 valence electrons. The minimum atomic E-state index is -0.757. The van der Waals surface area contributed by atoms with E-state index in [0.717, 1.165) is 0 Å². The van der Waals surface area contributed by atoms with Crippen LogP contribution in [0.1, 0.15) is 121 Å². The van der Waals surface area contributed by atoms with E-state index < -0.39 is 23.2 Å². The summed E-state index contributed by atoms with van der Waals surface area (Å²) in [5, 5.41) is 0. The Morgan fingerprint density at radius 2 is 0.806 bits per heavy atom. The van der Waals surface area contributed by atoms with Crippen molar-refractivity contribution in [3.63, 3.8) is 0 Å². The van der Waals surface area contributed by atoms with Crippen molar-refractivity contribution in [1.82, 2.24) is 0 Å². The van der Waals surface area contributed by atoms with Crippen molar-refractivity contribution in [3.8, 4) is 0 Å². The molecule has 0 aliphatic heterocycles. The Morgan fingerprint density at radius 1 is 0.548 bits per heavy atom. The maximum absolute atomic E-state index is 2.43. The normalized spacial score (nSPS) is 17.4. The van der Waals surface area contributed by atoms with Crippen LogP contribution in [0.2, 0.25) is 0 Å². The van der Waals surface area contributed by atoms with Gasteiger partial charge in [0.1, 0.15) is 0 Å². The van der Waals surface area contributed by atoms with Crippen molar-refractivity contribution in [2.24, 2.45) is 10.8 Å². The number of allylic oxidation sites excluding steroid dienone is 8. The Bertz CT molecular complexity index is 675. The third-order valence-electron chi connectivity index (χ3n) is 8.94. The molecule has 0 nitrogen and oxygen atoms in total. The Balaban J connectivity index is 0.00000450. The summed E-state index contributed by atoms with van der Waals surface area (Å²) < 4.78 is 3.84. The van der Waals surface area contributed by atoms with Crippen LogP contribution in [0.5, 0.6) is 0 Å². The van der Waals surface area contributed by atoms with E-state index in [0.29, 0.717) is 10.8 Å². The summed E-state index contributed by atoms with van der Waals surface area (Å²) in [4.78, 5) is 0. The van der Waals surface area contributed by atoms with Crippen LogP contribution in [0.4, 0.5) is 0 Å². The van der Waals surface area contributed by atoms with Crippen LogP contribution >= 0.6 is 0 Å². The second kappa shape index (κ2) is 12.8. The Labute approximate surface area is 218 Å². The van der Waals surface area contributed by atoms with E-state index in [2.05, 4.69) is 69.2 Å². The van der Waals surface area contributed by atoms with Gasteiger partial charge in [-0.25, -0.2) is 0 Å². The predicted molar refractivity (Wildman–Crippen MR) is 127 cm³/mol. The van der Waals surface area contributed by atoms with Crippen LogP contribution in [-0.2, 0) is 23.2 Å². The molecule has 2 aliphatic rings. The predicted octanol–water partition coefficient (Wildman–Crippen LogP) is 3.50. The van der Waals surface area contributed by atoms with Gasteiger partial charge in [-0.1, -0.05) is 0 Å². The van der Waals surface area contributed by atoms with Gasteiger partial charge in [0.2, 0.25) is 0 Å². The van der Waals surface area contributed by atoms with Gasteiger partial charge in [-0.3, -0.25) is 0 Å². The molecule has 0 saturated heterocycles. The molecule has 0 saturated carbocycles. The summed E-state index contributed by atoms with van der Waals surface area (Å²) >= 11 is -0.757. The minimum Gasteiger partial charge on any atom is -1.00 e. The molecule has 3 heteroatoms. The fourth-order valence-corrected chi connectivity index (χ4v) is 11.7. The van der Waals surface area contributed by atoms with Crippen molar-refractivity contribution >= 4 is 0 Å². The van der Waals surface area contributed by atoms with E-state index in [4.69, 9.17) is 0 Å². The molecule has 0 bridgehead atoms. The number of hydrogen-bond donors (Lipinski definition) is 0. The van der Waals surface area contributed by atoms with Crippen LogP contribution < -0.4 is 24.8 Å². The Kier molecular flexibility index (Phi) is 12.9. The van der Waals surface area contributed by atoms with Gasteiger partial charge in [-0.15, -0.1) is 0 Å². The van der Waals surface area contributed by atoms with Gasteiger partial charge in [-0.05, 0) is 0 Å². The van der Waals surface area contributed by atoms with Gasteiger partial charge in [-0.2, -0.15) is 0 Å². The Morgan fingerprint density at radius 3 is 1.03 bits per heavy atom. The molecule has 0 fully saturated rings. The molecule has 0 aromatic rings. The second-order valence-corrected chi connectivity index (χ2v) is 13.3. The number of hydrogen-bond acceptors (Lipinski definition) is 0. The summed E-state index contributed by atoms with van der Waals surface area (Å²) in [7, 11) is 0. The third kappa shape index (κ3) is 5.57. The third-order valence-corrected chi connectivity index (χ3v) is 12.5. The quantitative estimate of drug-likeness (QED) is 0.395. The van der Waals surface area contributed by atoms with E-state index in [1.54, 1.807) is 22.3 Å². The number of halogens is 2. The van der Waals surface area contributed by atoms with E-state index in [-0.39, 0.29) is 24.8 Å². The van der Waals surface area contributed by atoms with E-state index in [1.165, 1.54) is 51.4 Å². The minimum absolute atomic E-state index is 0. The Hall–Kier alpha value is 0.423. The van der Waals surface area contributed by atoms with E-state index >= 15 is 0 Å². The average molecular weight is 545 g/mol. The molecule has 0 atom stereocenters. The van der Waals surface area contributed by atoms with Crippen LogP contribution in [0.25, 0.3) is 0 Å². The van der Waals surface area contributed by atoms with Crippen molar-refractivity contribution < 1.29 is 48.0 Å². The molecule has 0 N–H and O–H groups in total. The van der Waals surface area contributed by atoms with Gasteiger partial charge in [0.05, 0.1) is 0 Å². The zero-order valence-electron chi connectivity index (χ0n) is 21.9. The first-order chi connectivity index (χ1) is 13.7. The summed E-state index contributed by atoms with van der Waals surface area (Å²) in [6, 6.07) is 0. The van der Waals surface area contributed by atoms with Crippen molar-refractivity contribution in [2.75, 3.05) is 0 Å². The maximum Gasteiger partial charge on any atom is -1.00 e. The van der Waals surface area contributed by atoms with Crippen molar-refractivity contribution in [2.45, 2.75) is 121 Å². The molecule has 0 amide bonds. The summed E-state index contributed by atoms with van der Waals surface area (Å²) in [5.74, 6) is 0. The smallest absolute Gasteiger partial charge is 1.00 e. The first-order valence-corrected chi connectivity index (χ1v) is 14.7. The van der Waals surface area contributed by atoms with Gasteiger partial charge in [0.25, 0.3) is 0 Å². The van der Waals surface area contributed by atoms with Crippen LogP contribution in [-0.4, -0.2) is 0 Å². The molecule has 2 rings (SSSR count). The van der Waals surface area contributed by atoms with Crippen molar-refractivity contribution in [1.29, 1.82) is 0 Å². The largest absolute Gasteiger partial charge is 1.00 e. The van der Waals surface area contributed by atoms with Gasteiger partial charge >= 0.3 is 195 Å². The zero-order chi connectivity index (χ0) is 22.0. The van der Waals surface area contributed by atoms with Gasteiger partial charge < -0.3 is 24.8 Å². The molecule has 0 radical (unpaired) electrons. The van der Waals surface area contributed by atoms with Gasteiger partial charge in [0, 0.05) is 0 Å². The molecular formula is C28H46Cl2Zr. The van der Waals surface area contributed by atoms with Crippen molar-refractivity contribution in [3.05, 3.63) is 40.0 Å². The monoisotopic (exact) mass is 542 g/mol. The van der Waals surface area contributed by atoms with Crippen LogP contribution in [0.15, 0.2) is 40.0 Å². The summed E-state index contributed by atoms with van der Waals surface area (Å²) in [5.41, 5.74) is 11.1. The molecule has 31 heavy (non-hydrogen) atoms. The molecule has 0 heterocycles. The standard InChI is InChI=1S/2C14H23.2ClH.Zr/c2*1-6-14(7-2,8-3)13-10-9-11(4)12(13)5;;;/h2*6-9H2,1-5H3;2*1H;/q;;;;+2/p-2. The molecule has 0 aromatic heterocycles. The SMILES string of the molecule is CCC(CC)(CC)C1=[C]([Zr+2][C]2=C(C(CC)(CC)CC)C(C)=C(C)C2)CC(C)=C1C.[Cl-].[Cl-]. The average Bonchev–Trinajstić information content (AvgIpc) is 3.17. The second-order valence-electron chi connectivity index (χ2n) is 9.68. The maximum atomic E-state index is 2.43.